The van der Waals surface area contributed by atoms with Crippen LogP contribution in [0.25, 0.3) is 23.1 Å². The molecule has 0 saturated heterocycles. The first-order valence-electron chi connectivity index (χ1n) is 8.08. The van der Waals surface area contributed by atoms with Gasteiger partial charge in [-0.05, 0) is 54.8 Å². The minimum absolute atomic E-state index is 0.113. The quantitative estimate of drug-likeness (QED) is 0.629. The van der Waals surface area contributed by atoms with Crippen LogP contribution < -0.4 is 14.9 Å². The second kappa shape index (κ2) is 7.26. The molecule has 3 rings (SSSR count). The van der Waals surface area contributed by atoms with Crippen molar-refractivity contribution >= 4 is 34.7 Å². The Hall–Kier alpha value is -2.72. The second-order valence-electron chi connectivity index (χ2n) is 5.97. The van der Waals surface area contributed by atoms with E-state index in [0.29, 0.717) is 33.3 Å². The fourth-order valence-electron chi connectivity index (χ4n) is 2.88. The molecule has 0 N–H and O–H groups in total. The molecule has 1 heterocycles. The third kappa shape index (κ3) is 3.33. The van der Waals surface area contributed by atoms with Crippen molar-refractivity contribution < 1.29 is 13.9 Å². The Morgan fingerprint density at radius 1 is 1.00 bits per heavy atom. The van der Waals surface area contributed by atoms with Crippen LogP contribution in [0.15, 0.2) is 39.5 Å². The Kier molecular flexibility index (Phi) is 5.05. The molecule has 0 spiro atoms. The van der Waals surface area contributed by atoms with E-state index in [1.165, 1.54) is 6.07 Å². The molecule has 3 aromatic rings. The van der Waals surface area contributed by atoms with Gasteiger partial charge in [-0.2, -0.15) is 0 Å². The molecule has 0 bridgehead atoms. The molecule has 0 radical (unpaired) electrons. The maximum atomic E-state index is 12.5. The molecule has 2 aromatic carbocycles. The van der Waals surface area contributed by atoms with Gasteiger partial charge in [-0.3, -0.25) is 4.79 Å². The van der Waals surface area contributed by atoms with Crippen molar-refractivity contribution in [2.75, 3.05) is 14.2 Å². The largest absolute Gasteiger partial charge is 0.493 e. The molecule has 0 aliphatic rings. The van der Waals surface area contributed by atoms with Gasteiger partial charge < -0.3 is 13.9 Å². The Morgan fingerprint density at radius 3 is 2.42 bits per heavy atom. The van der Waals surface area contributed by atoms with Gasteiger partial charge in [0.1, 0.15) is 11.3 Å². The summed E-state index contributed by atoms with van der Waals surface area (Å²) < 4.78 is 16.4. The summed E-state index contributed by atoms with van der Waals surface area (Å²) in [4.78, 5) is 12.5. The zero-order valence-corrected chi connectivity index (χ0v) is 15.8. The van der Waals surface area contributed by atoms with Crippen LogP contribution in [-0.2, 0) is 0 Å². The van der Waals surface area contributed by atoms with Gasteiger partial charge in [0.15, 0.2) is 16.9 Å². The summed E-state index contributed by atoms with van der Waals surface area (Å²) in [6.07, 6.45) is 3.60. The number of halogens is 1. The van der Waals surface area contributed by atoms with Crippen molar-refractivity contribution in [2.24, 2.45) is 0 Å². The highest BCUT2D eigenvalue weighted by Crippen LogP contribution is 2.29. The predicted octanol–water partition coefficient (Wildman–Crippen LogP) is 5.25. The molecule has 0 fully saturated rings. The highest BCUT2D eigenvalue weighted by molar-refractivity contribution is 6.33. The first-order chi connectivity index (χ1) is 12.4. The van der Waals surface area contributed by atoms with Gasteiger partial charge in [0.25, 0.3) is 0 Å². The Bertz CT molecular complexity index is 1060. The Morgan fingerprint density at radius 2 is 1.73 bits per heavy atom. The van der Waals surface area contributed by atoms with Gasteiger partial charge in [-0.1, -0.05) is 23.7 Å². The van der Waals surface area contributed by atoms with Crippen molar-refractivity contribution in [1.29, 1.82) is 0 Å². The fraction of sp³-hybridized carbons (Fsp3) is 0.190. The van der Waals surface area contributed by atoms with Gasteiger partial charge in [-0.25, -0.2) is 0 Å². The topological polar surface area (TPSA) is 48.7 Å². The average molecular weight is 371 g/mol. The van der Waals surface area contributed by atoms with Crippen LogP contribution in [-0.4, -0.2) is 14.2 Å². The summed E-state index contributed by atoms with van der Waals surface area (Å²) in [6.45, 7) is 3.72. The molecule has 0 aliphatic heterocycles. The van der Waals surface area contributed by atoms with Gasteiger partial charge >= 0.3 is 0 Å². The molecule has 0 amide bonds. The molecule has 1 aromatic heterocycles. The highest BCUT2D eigenvalue weighted by atomic mass is 35.5. The molecule has 0 saturated carbocycles. The fourth-order valence-corrected chi connectivity index (χ4v) is 3.03. The smallest absolute Gasteiger partial charge is 0.193 e. The summed E-state index contributed by atoms with van der Waals surface area (Å²) >= 11 is 6.25. The summed E-state index contributed by atoms with van der Waals surface area (Å²) in [5.41, 5.74) is 2.93. The number of rotatable bonds is 4. The minimum Gasteiger partial charge on any atom is -0.493 e. The standard InChI is InChI=1S/C21H19ClO4/c1-12-9-19-20(13(2)21(12)22)16(23)11-15(26-19)7-5-14-6-8-17(24-3)18(10-14)25-4/h5-11H,1-4H3/b7-5+. The molecular weight excluding hydrogens is 352 g/mol. The van der Waals surface area contributed by atoms with Gasteiger partial charge in [0.2, 0.25) is 0 Å². The number of hydrogen-bond acceptors (Lipinski definition) is 4. The van der Waals surface area contributed by atoms with E-state index in [1.807, 2.05) is 38.1 Å². The molecular formula is C21H19ClO4. The monoisotopic (exact) mass is 370 g/mol. The summed E-state index contributed by atoms with van der Waals surface area (Å²) in [5.74, 6) is 1.76. The van der Waals surface area contributed by atoms with Crippen molar-refractivity contribution in [3.8, 4) is 11.5 Å². The minimum atomic E-state index is -0.113. The van der Waals surface area contributed by atoms with E-state index < -0.39 is 0 Å². The number of ether oxygens (including phenoxy) is 2. The number of hydrogen-bond donors (Lipinski definition) is 0. The van der Waals surface area contributed by atoms with Crippen LogP contribution in [0, 0.1) is 13.8 Å². The summed E-state index contributed by atoms with van der Waals surface area (Å²) in [7, 11) is 3.18. The van der Waals surface area contributed by atoms with E-state index >= 15 is 0 Å². The Labute approximate surface area is 156 Å². The van der Waals surface area contributed by atoms with E-state index in [2.05, 4.69) is 0 Å². The van der Waals surface area contributed by atoms with E-state index in [4.69, 9.17) is 25.5 Å². The summed E-state index contributed by atoms with van der Waals surface area (Å²) in [6, 6.07) is 8.83. The molecule has 4 nitrogen and oxygen atoms in total. The zero-order valence-electron chi connectivity index (χ0n) is 15.1. The number of benzene rings is 2. The third-order valence-electron chi connectivity index (χ3n) is 4.24. The predicted molar refractivity (Wildman–Crippen MR) is 105 cm³/mol. The maximum absolute atomic E-state index is 12.5. The normalized spacial score (nSPS) is 11.3. The summed E-state index contributed by atoms with van der Waals surface area (Å²) in [5, 5.41) is 1.11. The SMILES string of the molecule is COc1ccc(/C=C/c2cc(=O)c3c(C)c(Cl)c(C)cc3o2)cc1OC. The number of fused-ring (bicyclic) bond motifs is 1. The van der Waals surface area contributed by atoms with Crippen LogP contribution in [0.1, 0.15) is 22.5 Å². The average Bonchev–Trinajstić information content (AvgIpc) is 2.63. The van der Waals surface area contributed by atoms with Crippen LogP contribution >= 0.6 is 11.6 Å². The van der Waals surface area contributed by atoms with Crippen LogP contribution in [0.3, 0.4) is 0 Å². The molecule has 26 heavy (non-hydrogen) atoms. The number of aryl methyl sites for hydroxylation is 2. The first kappa shape index (κ1) is 18.1. The van der Waals surface area contributed by atoms with Gasteiger partial charge in [0.05, 0.1) is 19.6 Å². The number of methoxy groups -OCH3 is 2. The zero-order chi connectivity index (χ0) is 18.8. The molecule has 0 atom stereocenters. The van der Waals surface area contributed by atoms with E-state index in [1.54, 1.807) is 26.4 Å². The third-order valence-corrected chi connectivity index (χ3v) is 4.82. The lowest BCUT2D eigenvalue weighted by Gasteiger charge is -2.08. The lowest BCUT2D eigenvalue weighted by Crippen LogP contribution is -2.03. The molecule has 0 unspecified atom stereocenters. The van der Waals surface area contributed by atoms with Crippen molar-refractivity contribution in [1.82, 2.24) is 0 Å². The molecule has 134 valence electrons. The van der Waals surface area contributed by atoms with Crippen LogP contribution in [0.4, 0.5) is 0 Å². The Balaban J connectivity index is 2.03. The lowest BCUT2D eigenvalue weighted by molar-refractivity contribution is 0.355. The van der Waals surface area contributed by atoms with Crippen molar-refractivity contribution in [3.63, 3.8) is 0 Å². The maximum Gasteiger partial charge on any atom is 0.193 e. The van der Waals surface area contributed by atoms with Crippen LogP contribution in [0.2, 0.25) is 5.02 Å². The highest BCUT2D eigenvalue weighted by Gasteiger charge is 2.11. The van der Waals surface area contributed by atoms with Gasteiger partial charge in [0, 0.05) is 11.1 Å². The van der Waals surface area contributed by atoms with E-state index in [9.17, 15) is 4.79 Å². The second-order valence-corrected chi connectivity index (χ2v) is 6.34. The van der Waals surface area contributed by atoms with E-state index in [-0.39, 0.29) is 5.43 Å². The van der Waals surface area contributed by atoms with Crippen molar-refractivity contribution in [3.05, 3.63) is 68.0 Å². The van der Waals surface area contributed by atoms with Crippen LogP contribution in [0.5, 0.6) is 11.5 Å². The molecule has 0 aliphatic carbocycles. The molecule has 5 heteroatoms. The van der Waals surface area contributed by atoms with E-state index in [0.717, 1.165) is 16.7 Å². The lowest BCUT2D eigenvalue weighted by atomic mass is 10.1. The van der Waals surface area contributed by atoms with Crippen molar-refractivity contribution in [2.45, 2.75) is 13.8 Å². The first-order valence-corrected chi connectivity index (χ1v) is 8.46. The van der Waals surface area contributed by atoms with Gasteiger partial charge in [-0.15, -0.1) is 0 Å².